The molecule has 0 bridgehead atoms. The largest absolute Gasteiger partial charge is 0.342 e. The van der Waals surface area contributed by atoms with Gasteiger partial charge in [-0.15, -0.1) is 0 Å². The van der Waals surface area contributed by atoms with Crippen molar-refractivity contribution in [3.8, 4) is 0 Å². The smallest absolute Gasteiger partial charge is 0.254 e. The van der Waals surface area contributed by atoms with Gasteiger partial charge in [-0.25, -0.2) is 0 Å². The van der Waals surface area contributed by atoms with Crippen LogP contribution in [0.3, 0.4) is 0 Å². The van der Waals surface area contributed by atoms with Crippen LogP contribution in [-0.4, -0.2) is 70.3 Å². The van der Waals surface area contributed by atoms with E-state index in [9.17, 15) is 9.59 Å². The summed E-state index contributed by atoms with van der Waals surface area (Å²) in [5, 5.41) is 0. The van der Waals surface area contributed by atoms with Gasteiger partial charge in [-0.3, -0.25) is 14.6 Å². The van der Waals surface area contributed by atoms with Gasteiger partial charge in [0.1, 0.15) is 0 Å². The minimum Gasteiger partial charge on any atom is -0.342 e. The summed E-state index contributed by atoms with van der Waals surface area (Å²) in [4.78, 5) is 35.8. The second-order valence-electron chi connectivity index (χ2n) is 10.8. The van der Waals surface area contributed by atoms with Crippen LogP contribution in [0.15, 0.2) is 48.8 Å². The second-order valence-corrected chi connectivity index (χ2v) is 10.8. The Balaban J connectivity index is 1.20. The number of aromatic nitrogens is 1. The van der Waals surface area contributed by atoms with Gasteiger partial charge in [-0.1, -0.05) is 24.3 Å². The molecule has 6 rings (SSSR count). The van der Waals surface area contributed by atoms with Crippen LogP contribution in [0.1, 0.15) is 60.0 Å². The number of hydrogen-bond donors (Lipinski definition) is 0. The molecule has 34 heavy (non-hydrogen) atoms. The lowest BCUT2D eigenvalue weighted by Crippen LogP contribution is -2.54. The third-order valence-electron chi connectivity index (χ3n) is 9.11. The van der Waals surface area contributed by atoms with Crippen molar-refractivity contribution in [2.45, 2.75) is 62.6 Å². The normalized spacial score (nSPS) is 28.4. The zero-order valence-corrected chi connectivity index (χ0v) is 19.8. The van der Waals surface area contributed by atoms with E-state index in [-0.39, 0.29) is 11.3 Å². The topological polar surface area (TPSA) is 56.8 Å². The summed E-state index contributed by atoms with van der Waals surface area (Å²) in [5.41, 5.74) is 3.47. The number of fused-ring (bicyclic) bond motifs is 3. The van der Waals surface area contributed by atoms with E-state index in [1.807, 2.05) is 12.1 Å². The van der Waals surface area contributed by atoms with Crippen molar-refractivity contribution in [2.75, 3.05) is 26.2 Å². The molecule has 3 fully saturated rings. The summed E-state index contributed by atoms with van der Waals surface area (Å²) in [7, 11) is 0. The highest BCUT2D eigenvalue weighted by Crippen LogP contribution is 2.45. The Hall–Kier alpha value is -2.73. The van der Waals surface area contributed by atoms with Crippen molar-refractivity contribution in [1.29, 1.82) is 0 Å². The Morgan fingerprint density at radius 1 is 1.03 bits per heavy atom. The number of carbonyl (C=O) groups is 2. The molecule has 3 aliphatic heterocycles. The van der Waals surface area contributed by atoms with Crippen LogP contribution >= 0.6 is 0 Å². The molecule has 4 aliphatic rings. The molecule has 2 amide bonds. The fourth-order valence-corrected chi connectivity index (χ4v) is 7.37. The van der Waals surface area contributed by atoms with Crippen LogP contribution < -0.4 is 0 Å². The number of benzene rings is 1. The number of likely N-dealkylation sites (tertiary alicyclic amines) is 2. The van der Waals surface area contributed by atoms with Crippen LogP contribution in [0.5, 0.6) is 0 Å². The first kappa shape index (κ1) is 21.8. The summed E-state index contributed by atoms with van der Waals surface area (Å²) < 4.78 is 0. The molecule has 4 heterocycles. The summed E-state index contributed by atoms with van der Waals surface area (Å²) in [6, 6.07) is 13.4. The number of amides is 2. The Morgan fingerprint density at radius 3 is 2.62 bits per heavy atom. The van der Waals surface area contributed by atoms with E-state index in [2.05, 4.69) is 43.9 Å². The van der Waals surface area contributed by atoms with Gasteiger partial charge in [0.2, 0.25) is 6.41 Å². The molecule has 3 unspecified atom stereocenters. The van der Waals surface area contributed by atoms with Gasteiger partial charge in [0.05, 0.1) is 0 Å². The van der Waals surface area contributed by atoms with Crippen LogP contribution in [0.25, 0.3) is 0 Å². The van der Waals surface area contributed by atoms with E-state index in [0.29, 0.717) is 24.5 Å². The van der Waals surface area contributed by atoms with Gasteiger partial charge in [0.15, 0.2) is 0 Å². The van der Waals surface area contributed by atoms with E-state index < -0.39 is 0 Å². The third kappa shape index (κ3) is 3.72. The van der Waals surface area contributed by atoms with Crippen molar-refractivity contribution in [3.63, 3.8) is 0 Å². The Kier molecular flexibility index (Phi) is 5.64. The molecule has 2 saturated heterocycles. The molecule has 1 saturated carbocycles. The maximum absolute atomic E-state index is 13.4. The number of carbonyl (C=O) groups excluding carboxylic acids is 2. The summed E-state index contributed by atoms with van der Waals surface area (Å²) in [6.07, 6.45) is 11.4. The Bertz CT molecular complexity index is 1050. The van der Waals surface area contributed by atoms with E-state index >= 15 is 0 Å². The Morgan fingerprint density at radius 2 is 1.82 bits per heavy atom. The molecular formula is C28H34N4O2. The minimum atomic E-state index is 0.0221. The summed E-state index contributed by atoms with van der Waals surface area (Å²) in [6.45, 7) is 4.52. The number of rotatable bonds is 3. The molecule has 2 aromatic rings. The van der Waals surface area contributed by atoms with Gasteiger partial charge in [0.25, 0.3) is 5.91 Å². The van der Waals surface area contributed by atoms with Crippen LogP contribution in [0, 0.1) is 5.92 Å². The average Bonchev–Trinajstić information content (AvgIpc) is 3.34. The van der Waals surface area contributed by atoms with Gasteiger partial charge in [-0.2, -0.15) is 0 Å². The fourth-order valence-electron chi connectivity index (χ4n) is 7.37. The molecule has 178 valence electrons. The molecule has 1 aliphatic carbocycles. The van der Waals surface area contributed by atoms with Crippen LogP contribution in [0.4, 0.5) is 0 Å². The van der Waals surface area contributed by atoms with Crippen molar-refractivity contribution in [1.82, 2.24) is 19.7 Å². The predicted octanol–water partition coefficient (Wildman–Crippen LogP) is 3.47. The van der Waals surface area contributed by atoms with Crippen LogP contribution in [0.2, 0.25) is 0 Å². The van der Waals surface area contributed by atoms with Crippen molar-refractivity contribution in [3.05, 3.63) is 65.5 Å². The van der Waals surface area contributed by atoms with Gasteiger partial charge >= 0.3 is 0 Å². The third-order valence-corrected chi connectivity index (χ3v) is 9.11. The number of nitrogens with zero attached hydrogens (tertiary/aromatic N) is 4. The fraction of sp³-hybridized carbons (Fsp3) is 0.536. The molecule has 1 aromatic carbocycles. The van der Waals surface area contributed by atoms with Gasteiger partial charge in [0, 0.05) is 55.1 Å². The monoisotopic (exact) mass is 458 g/mol. The maximum atomic E-state index is 13.4. The number of pyridine rings is 1. The second kappa shape index (κ2) is 8.81. The highest BCUT2D eigenvalue weighted by Gasteiger charge is 2.47. The van der Waals surface area contributed by atoms with E-state index in [1.165, 1.54) is 24.0 Å². The highest BCUT2D eigenvalue weighted by molar-refractivity contribution is 5.94. The molecular weight excluding hydrogens is 424 g/mol. The average molecular weight is 459 g/mol. The first-order valence-electron chi connectivity index (χ1n) is 12.9. The zero-order chi connectivity index (χ0) is 23.1. The van der Waals surface area contributed by atoms with Crippen molar-refractivity contribution < 1.29 is 9.59 Å². The first-order valence-corrected chi connectivity index (χ1v) is 12.9. The predicted molar refractivity (Wildman–Crippen MR) is 130 cm³/mol. The highest BCUT2D eigenvalue weighted by atomic mass is 16.2. The zero-order valence-electron chi connectivity index (χ0n) is 19.8. The summed E-state index contributed by atoms with van der Waals surface area (Å²) >= 11 is 0. The Labute approximate surface area is 201 Å². The van der Waals surface area contributed by atoms with E-state index in [0.717, 1.165) is 63.8 Å². The van der Waals surface area contributed by atoms with Gasteiger partial charge in [-0.05, 0) is 80.8 Å². The van der Waals surface area contributed by atoms with E-state index in [4.69, 9.17) is 0 Å². The molecule has 1 aromatic heterocycles. The molecule has 0 radical (unpaired) electrons. The number of hydrogen-bond acceptors (Lipinski definition) is 4. The quantitative estimate of drug-likeness (QED) is 0.661. The van der Waals surface area contributed by atoms with Crippen LogP contribution in [-0.2, 0) is 16.8 Å². The molecule has 6 nitrogen and oxygen atoms in total. The molecule has 6 heteroatoms. The SMILES string of the molecule is O=CN1CCCC2CC(N3CCC4(CC3)CN(C(=O)c3ccncc3)Cc3ccccc34)CC21. The maximum Gasteiger partial charge on any atom is 0.254 e. The lowest BCUT2D eigenvalue weighted by molar-refractivity contribution is -0.122. The minimum absolute atomic E-state index is 0.0221. The molecule has 3 atom stereocenters. The lowest BCUT2D eigenvalue weighted by atomic mass is 9.68. The van der Waals surface area contributed by atoms with Crippen molar-refractivity contribution in [2.24, 2.45) is 5.92 Å². The van der Waals surface area contributed by atoms with Gasteiger partial charge < -0.3 is 14.7 Å². The first-order chi connectivity index (χ1) is 16.7. The molecule has 1 spiro atoms. The number of piperidine rings is 2. The lowest BCUT2D eigenvalue weighted by Gasteiger charge is -2.49. The van der Waals surface area contributed by atoms with Crippen molar-refractivity contribution >= 4 is 12.3 Å². The standard InChI is InChI=1S/C28H34N4O2/c33-20-31-13-3-5-22-16-24(17-26(22)31)30-14-9-28(10-15-30)19-32(18-23-4-1-2-6-25(23)28)27(34)21-7-11-29-12-8-21/h1-2,4,6-8,11-12,20,22,24,26H,3,5,9-10,13-19H2. The van der Waals surface area contributed by atoms with E-state index in [1.54, 1.807) is 12.4 Å². The molecule has 0 N–H and O–H groups in total. The summed E-state index contributed by atoms with van der Waals surface area (Å²) in [5.74, 6) is 0.774.